The largest absolute Gasteiger partial charge is 0.361 e. The number of nitrogens with one attached hydrogen (secondary N) is 2. The molecule has 1 aliphatic rings. The lowest BCUT2D eigenvalue weighted by Gasteiger charge is -2.30. The summed E-state index contributed by atoms with van der Waals surface area (Å²) in [5, 5.41) is 11.0. The number of guanidine groups is 1. The molecule has 0 atom stereocenters. The van der Waals surface area contributed by atoms with Crippen molar-refractivity contribution in [2.75, 3.05) is 13.6 Å². The van der Waals surface area contributed by atoms with E-state index in [0.29, 0.717) is 12.0 Å². The molecule has 2 aromatic rings. The maximum atomic E-state index is 5.22. The van der Waals surface area contributed by atoms with E-state index in [-0.39, 0.29) is 0 Å². The van der Waals surface area contributed by atoms with Crippen LogP contribution in [0.25, 0.3) is 0 Å². The minimum absolute atomic E-state index is 0.500. The summed E-state index contributed by atoms with van der Waals surface area (Å²) < 4.78 is 5.22. The highest BCUT2D eigenvalue weighted by atomic mass is 16.5. The third-order valence-electron chi connectivity index (χ3n) is 5.41. The average molecular weight is 354 g/mol. The highest BCUT2D eigenvalue weighted by molar-refractivity contribution is 5.79. The van der Waals surface area contributed by atoms with Gasteiger partial charge in [-0.1, -0.05) is 35.5 Å². The summed E-state index contributed by atoms with van der Waals surface area (Å²) in [4.78, 5) is 4.38. The number of rotatable bonds is 5. The van der Waals surface area contributed by atoms with E-state index in [9.17, 15) is 0 Å². The monoisotopic (exact) mass is 354 g/mol. The van der Waals surface area contributed by atoms with Crippen LogP contribution in [0.3, 0.4) is 0 Å². The zero-order chi connectivity index (χ0) is 18.4. The second-order valence-electron chi connectivity index (χ2n) is 7.16. The van der Waals surface area contributed by atoms with Gasteiger partial charge in [-0.2, -0.15) is 0 Å². The lowest BCUT2D eigenvalue weighted by molar-refractivity contribution is 0.371. The molecule has 1 aliphatic carbocycles. The summed E-state index contributed by atoms with van der Waals surface area (Å²) in [6.45, 7) is 4.78. The summed E-state index contributed by atoms with van der Waals surface area (Å²) in [5.41, 5.74) is 3.65. The quantitative estimate of drug-likeness (QED) is 0.634. The van der Waals surface area contributed by atoms with E-state index in [4.69, 9.17) is 4.52 Å². The van der Waals surface area contributed by atoms with Crippen LogP contribution in [0.15, 0.2) is 39.8 Å². The Balaban J connectivity index is 1.43. The van der Waals surface area contributed by atoms with Crippen LogP contribution in [0.1, 0.15) is 54.2 Å². The molecule has 3 rings (SSSR count). The van der Waals surface area contributed by atoms with Gasteiger partial charge in [0.25, 0.3) is 0 Å². The van der Waals surface area contributed by atoms with Gasteiger partial charge in [0.1, 0.15) is 5.76 Å². The van der Waals surface area contributed by atoms with Crippen molar-refractivity contribution < 1.29 is 4.52 Å². The zero-order valence-corrected chi connectivity index (χ0v) is 16.1. The predicted molar refractivity (Wildman–Crippen MR) is 106 cm³/mol. The fraction of sp³-hybridized carbons (Fsp3) is 0.524. The molecule has 26 heavy (non-hydrogen) atoms. The normalized spacial score (nSPS) is 20.8. The van der Waals surface area contributed by atoms with E-state index in [1.807, 2.05) is 20.9 Å². The summed E-state index contributed by atoms with van der Waals surface area (Å²) in [6, 6.07) is 11.4. The number of hydrogen-bond donors (Lipinski definition) is 2. The molecule has 0 unspecified atom stereocenters. The first-order valence-electron chi connectivity index (χ1n) is 9.61. The van der Waals surface area contributed by atoms with Crippen molar-refractivity contribution in [3.05, 3.63) is 52.9 Å². The van der Waals surface area contributed by atoms with Gasteiger partial charge in [0.05, 0.1) is 5.69 Å². The summed E-state index contributed by atoms with van der Waals surface area (Å²) in [7, 11) is 1.83. The second-order valence-corrected chi connectivity index (χ2v) is 7.16. The maximum absolute atomic E-state index is 5.22. The molecule has 5 nitrogen and oxygen atoms in total. The Morgan fingerprint density at radius 1 is 1.15 bits per heavy atom. The SMILES string of the molecule is CN=C(NCCc1c(C)noc1C)NC1CCC(c2ccccc2)CC1. The number of benzene rings is 1. The van der Waals surface area contributed by atoms with Crippen molar-refractivity contribution in [1.29, 1.82) is 0 Å². The Bertz CT molecular complexity index is 695. The zero-order valence-electron chi connectivity index (χ0n) is 16.1. The Hall–Kier alpha value is -2.30. The molecule has 1 aromatic carbocycles. The Labute approximate surface area is 156 Å². The molecule has 0 saturated heterocycles. The summed E-state index contributed by atoms with van der Waals surface area (Å²) >= 11 is 0. The van der Waals surface area contributed by atoms with E-state index in [0.717, 1.165) is 30.4 Å². The van der Waals surface area contributed by atoms with Crippen LogP contribution in [0, 0.1) is 13.8 Å². The van der Waals surface area contributed by atoms with E-state index >= 15 is 0 Å². The van der Waals surface area contributed by atoms with E-state index in [1.165, 1.54) is 36.8 Å². The molecule has 140 valence electrons. The number of aryl methyl sites for hydroxylation is 2. The van der Waals surface area contributed by atoms with Crippen LogP contribution in [0.4, 0.5) is 0 Å². The van der Waals surface area contributed by atoms with E-state index in [2.05, 4.69) is 51.1 Å². The van der Waals surface area contributed by atoms with Crippen LogP contribution in [0.5, 0.6) is 0 Å². The molecule has 0 aliphatic heterocycles. The van der Waals surface area contributed by atoms with Crippen LogP contribution in [-0.2, 0) is 6.42 Å². The molecule has 1 aromatic heterocycles. The fourth-order valence-electron chi connectivity index (χ4n) is 3.85. The molecule has 0 radical (unpaired) electrons. The van der Waals surface area contributed by atoms with Crippen LogP contribution in [0.2, 0.25) is 0 Å². The van der Waals surface area contributed by atoms with E-state index < -0.39 is 0 Å². The first kappa shape index (κ1) is 18.5. The first-order valence-corrected chi connectivity index (χ1v) is 9.61. The van der Waals surface area contributed by atoms with Gasteiger partial charge in [0.2, 0.25) is 0 Å². The number of aromatic nitrogens is 1. The van der Waals surface area contributed by atoms with Crippen LogP contribution >= 0.6 is 0 Å². The molecular weight excluding hydrogens is 324 g/mol. The van der Waals surface area contributed by atoms with Gasteiger partial charge in [0.15, 0.2) is 5.96 Å². The van der Waals surface area contributed by atoms with Crippen molar-refractivity contribution in [3.8, 4) is 0 Å². The molecule has 5 heteroatoms. The molecule has 2 N–H and O–H groups in total. The third kappa shape index (κ3) is 4.65. The maximum Gasteiger partial charge on any atom is 0.191 e. The minimum Gasteiger partial charge on any atom is -0.361 e. The smallest absolute Gasteiger partial charge is 0.191 e. The third-order valence-corrected chi connectivity index (χ3v) is 5.41. The standard InChI is InChI=1S/C21H30N4O/c1-15-20(16(2)26-25-15)13-14-23-21(22-3)24-19-11-9-18(10-12-19)17-7-5-4-6-8-17/h4-8,18-19H,9-14H2,1-3H3,(H2,22,23,24). The van der Waals surface area contributed by atoms with Crippen molar-refractivity contribution in [2.24, 2.45) is 4.99 Å². The number of aliphatic imine (C=N–C) groups is 1. The molecule has 0 bridgehead atoms. The van der Waals surface area contributed by atoms with Gasteiger partial charge >= 0.3 is 0 Å². The van der Waals surface area contributed by atoms with Crippen molar-refractivity contribution in [2.45, 2.75) is 57.9 Å². The lowest BCUT2D eigenvalue weighted by atomic mass is 9.82. The molecule has 1 fully saturated rings. The van der Waals surface area contributed by atoms with Gasteiger partial charge in [-0.3, -0.25) is 4.99 Å². The predicted octanol–water partition coefficient (Wildman–Crippen LogP) is 3.73. The highest BCUT2D eigenvalue weighted by Gasteiger charge is 2.22. The van der Waals surface area contributed by atoms with Gasteiger partial charge in [0, 0.05) is 25.2 Å². The van der Waals surface area contributed by atoms with Crippen molar-refractivity contribution >= 4 is 5.96 Å². The Morgan fingerprint density at radius 3 is 2.50 bits per heavy atom. The molecule has 1 saturated carbocycles. The Morgan fingerprint density at radius 2 is 1.88 bits per heavy atom. The van der Waals surface area contributed by atoms with Crippen molar-refractivity contribution in [1.82, 2.24) is 15.8 Å². The molecule has 1 heterocycles. The van der Waals surface area contributed by atoms with Gasteiger partial charge < -0.3 is 15.2 Å². The topological polar surface area (TPSA) is 62.5 Å². The second kappa shape index (κ2) is 8.88. The summed E-state index contributed by atoms with van der Waals surface area (Å²) in [6.07, 6.45) is 5.73. The number of hydrogen-bond acceptors (Lipinski definition) is 3. The Kier molecular flexibility index (Phi) is 6.31. The van der Waals surface area contributed by atoms with Gasteiger partial charge in [-0.25, -0.2) is 0 Å². The fourth-order valence-corrected chi connectivity index (χ4v) is 3.85. The van der Waals surface area contributed by atoms with Gasteiger partial charge in [-0.15, -0.1) is 0 Å². The highest BCUT2D eigenvalue weighted by Crippen LogP contribution is 2.32. The van der Waals surface area contributed by atoms with Gasteiger partial charge in [-0.05, 0) is 57.4 Å². The molecule has 0 amide bonds. The lowest BCUT2D eigenvalue weighted by Crippen LogP contribution is -2.45. The average Bonchev–Trinajstić information content (AvgIpc) is 3.00. The first-order chi connectivity index (χ1) is 12.7. The van der Waals surface area contributed by atoms with E-state index in [1.54, 1.807) is 0 Å². The van der Waals surface area contributed by atoms with Crippen LogP contribution < -0.4 is 10.6 Å². The number of nitrogens with zero attached hydrogens (tertiary/aromatic N) is 2. The summed E-state index contributed by atoms with van der Waals surface area (Å²) in [5.74, 6) is 2.50. The molecular formula is C21H30N4O. The minimum atomic E-state index is 0.500. The molecule has 0 spiro atoms. The van der Waals surface area contributed by atoms with Crippen molar-refractivity contribution in [3.63, 3.8) is 0 Å². The van der Waals surface area contributed by atoms with Crippen LogP contribution in [-0.4, -0.2) is 30.8 Å².